The normalized spacial score (nSPS) is 12.8. The van der Waals surface area contributed by atoms with Crippen molar-refractivity contribution < 1.29 is 0 Å². The van der Waals surface area contributed by atoms with E-state index in [1.165, 1.54) is 0 Å². The van der Waals surface area contributed by atoms with Crippen LogP contribution in [0.5, 0.6) is 0 Å². The summed E-state index contributed by atoms with van der Waals surface area (Å²) in [5.74, 6) is 0. The number of anilines is 1. The van der Waals surface area contributed by atoms with Crippen LogP contribution in [-0.2, 0) is 23.6 Å². The molecule has 1 aromatic heterocycles. The molecule has 0 saturated carbocycles. The Morgan fingerprint density at radius 2 is 1.27 bits per heavy atom. The second-order valence-corrected chi connectivity index (χ2v) is 21.1. The predicted molar refractivity (Wildman–Crippen MR) is 88.0 cm³/mol. The summed E-state index contributed by atoms with van der Waals surface area (Å²) in [5.41, 5.74) is 6.75. The molecule has 1 heterocycles. The number of nitrogens with zero attached hydrogens (tertiary/aromatic N) is 3. The zero-order valence-electron chi connectivity index (χ0n) is 6.92. The maximum atomic E-state index is 5.82. The maximum Gasteiger partial charge on any atom is 0.141 e. The molecule has 4 nitrogen and oxygen atoms in total. The van der Waals surface area contributed by atoms with Gasteiger partial charge in [-0.05, 0) is 5.21 Å². The summed E-state index contributed by atoms with van der Waals surface area (Å²) in [6.45, 7) is 0. The summed E-state index contributed by atoms with van der Waals surface area (Å²) < 4.78 is -4.73. The maximum absolute atomic E-state index is 5.82. The summed E-state index contributed by atoms with van der Waals surface area (Å²) in [7, 11) is 0. The molecule has 12 heteroatoms. The highest BCUT2D eigenvalue weighted by Gasteiger charge is 2.24. The van der Waals surface area contributed by atoms with Crippen molar-refractivity contribution >= 4 is 98.0 Å². The summed E-state index contributed by atoms with van der Waals surface area (Å²) in [6, 6.07) is 0. The van der Waals surface area contributed by atoms with Crippen molar-refractivity contribution in [2.45, 2.75) is 0 Å². The Morgan fingerprint density at radius 1 is 0.933 bits per heavy atom. The van der Waals surface area contributed by atoms with Gasteiger partial charge in [-0.3, -0.25) is 0 Å². The zero-order chi connectivity index (χ0) is 11.9. The van der Waals surface area contributed by atoms with E-state index in [1.54, 1.807) is 0 Å². The second kappa shape index (κ2) is 5.02. The van der Waals surface area contributed by atoms with E-state index in [2.05, 4.69) is 64.4 Å². The van der Waals surface area contributed by atoms with Crippen LogP contribution in [-0.4, -0.2) is 15.4 Å². The summed E-state index contributed by atoms with van der Waals surface area (Å²) in [5, 5.41) is 11.0. The van der Waals surface area contributed by atoms with Crippen LogP contribution in [0.2, 0.25) is 0 Å². The molecule has 0 fully saturated rings. The number of aromatic nitrogens is 3. The van der Waals surface area contributed by atoms with E-state index in [1.807, 2.05) is 0 Å². The van der Waals surface area contributed by atoms with Gasteiger partial charge in [0.25, 0.3) is 0 Å². The van der Waals surface area contributed by atoms with E-state index in [9.17, 15) is 0 Å². The van der Waals surface area contributed by atoms with Crippen LogP contribution in [0, 0.1) is 0 Å². The molecule has 0 amide bonds. The number of thiol groups is 4. The first-order valence-electron chi connectivity index (χ1n) is 3.25. The highest BCUT2D eigenvalue weighted by Crippen LogP contribution is 2.58. The van der Waals surface area contributed by atoms with Crippen LogP contribution in [0.15, 0.2) is 0 Å². The van der Waals surface area contributed by atoms with Crippen molar-refractivity contribution in [3.63, 3.8) is 0 Å². The van der Waals surface area contributed by atoms with Gasteiger partial charge < -0.3 is 5.73 Å². The Morgan fingerprint density at radius 3 is 1.53 bits per heavy atom. The van der Waals surface area contributed by atoms with Crippen molar-refractivity contribution in [1.29, 1.82) is 0 Å². The molecule has 0 spiro atoms. The van der Waals surface area contributed by atoms with E-state index < -0.39 is 8.88 Å². The van der Waals surface area contributed by atoms with Gasteiger partial charge in [0.15, 0.2) is 0 Å². The first-order valence-corrected chi connectivity index (χ1v) is 13.5. The van der Waals surface area contributed by atoms with Gasteiger partial charge in [0.2, 0.25) is 0 Å². The minimum absolute atomic E-state index is 0.256. The Kier molecular flexibility index (Phi) is 4.87. The van der Waals surface area contributed by atoms with E-state index in [0.29, 0.717) is 10.9 Å². The van der Waals surface area contributed by atoms with Gasteiger partial charge in [-0.1, -0.05) is 23.6 Å². The van der Waals surface area contributed by atoms with Crippen molar-refractivity contribution in [3.8, 4) is 0 Å². The van der Waals surface area contributed by atoms with Gasteiger partial charge in [0.05, 0.1) is 5.69 Å². The lowest BCUT2D eigenvalue weighted by Gasteiger charge is -2.14. The van der Waals surface area contributed by atoms with Crippen LogP contribution < -0.4 is 16.6 Å². The Labute approximate surface area is 118 Å². The van der Waals surface area contributed by atoms with Crippen LogP contribution in [0.4, 0.5) is 5.69 Å². The molecule has 84 valence electrons. The fourth-order valence-electron chi connectivity index (χ4n) is 0.745. The molecule has 15 heavy (non-hydrogen) atoms. The topological polar surface area (TPSA) is 64.7 Å². The van der Waals surface area contributed by atoms with Gasteiger partial charge in [-0.15, -0.1) is 59.2 Å². The fourth-order valence-corrected chi connectivity index (χ4v) is 4.57. The van der Waals surface area contributed by atoms with Crippen LogP contribution in [0.25, 0.3) is 0 Å². The van der Waals surface area contributed by atoms with E-state index in [-0.39, 0.29) is 5.69 Å². The Bertz CT molecular complexity index is 437. The minimum atomic E-state index is -2.36. The molecule has 1 aromatic rings. The lowest BCUT2D eigenvalue weighted by Crippen LogP contribution is -2.25. The average Bonchev–Trinajstić information content (AvgIpc) is 1.99. The Balaban J connectivity index is 3.51. The molecule has 2 N–H and O–H groups in total. The van der Waals surface area contributed by atoms with Gasteiger partial charge in [0.1, 0.15) is 19.8 Å². The summed E-state index contributed by atoms with van der Waals surface area (Å²) in [6.07, 6.45) is 0. The number of hydrogen-bond donors (Lipinski definition) is 5. The zero-order valence-corrected chi connectivity index (χ0v) is 13.9. The number of nitrogens with two attached hydrogens (primary N) is 1. The smallest absolute Gasteiger partial charge is 0.141 e. The lowest BCUT2D eigenvalue weighted by molar-refractivity contribution is 0.904. The molecule has 0 unspecified atom stereocenters. The van der Waals surface area contributed by atoms with Crippen LogP contribution >= 0.6 is 57.9 Å². The summed E-state index contributed by atoms with van der Waals surface area (Å²) in [4.78, 5) is 0. The largest absolute Gasteiger partial charge is 0.395 e. The van der Waals surface area contributed by atoms with Crippen LogP contribution in [0.3, 0.4) is 0 Å². The van der Waals surface area contributed by atoms with Crippen molar-refractivity contribution in [2.24, 2.45) is 0 Å². The molecule has 0 aromatic carbocycles. The first-order chi connectivity index (χ1) is 6.64. The lowest BCUT2D eigenvalue weighted by atomic mass is 10.6. The molecule has 1 rings (SSSR count). The predicted octanol–water partition coefficient (Wildman–Crippen LogP) is 1.04. The fraction of sp³-hybridized carbons (Fsp3) is 0. The van der Waals surface area contributed by atoms with Gasteiger partial charge in [-0.2, -0.15) is 0 Å². The third-order valence-electron chi connectivity index (χ3n) is 1.31. The van der Waals surface area contributed by atoms with Crippen LogP contribution in [0.1, 0.15) is 0 Å². The average molecular weight is 352 g/mol. The highest BCUT2D eigenvalue weighted by atomic mass is 33.2. The highest BCUT2D eigenvalue weighted by molar-refractivity contribution is 8.95. The van der Waals surface area contributed by atoms with Crippen molar-refractivity contribution in [2.75, 3.05) is 5.73 Å². The van der Waals surface area contributed by atoms with E-state index >= 15 is 0 Å². The number of hydrogen-bond acceptors (Lipinski definition) is 6. The van der Waals surface area contributed by atoms with Gasteiger partial charge in [0, 0.05) is 0 Å². The van der Waals surface area contributed by atoms with Crippen molar-refractivity contribution in [3.05, 3.63) is 0 Å². The third-order valence-corrected chi connectivity index (χ3v) is 6.39. The minimum Gasteiger partial charge on any atom is -0.395 e. The number of nitrogen functional groups attached to an aromatic ring is 1. The summed E-state index contributed by atoms with van der Waals surface area (Å²) >= 11 is 26.8. The van der Waals surface area contributed by atoms with Gasteiger partial charge in [-0.25, -0.2) is 0 Å². The SMILES string of the molecule is Nc1c(P(=S)(S)S)nnnc1P(=S)(S)S. The Hall–Kier alpha value is 1.51. The third kappa shape index (κ3) is 3.74. The molecular formula is C3H6N4P2S6. The molecule has 0 radical (unpaired) electrons. The molecule has 0 aliphatic heterocycles. The monoisotopic (exact) mass is 352 g/mol. The number of rotatable bonds is 2. The van der Waals surface area contributed by atoms with E-state index in [0.717, 1.165) is 0 Å². The molecule has 0 aliphatic carbocycles. The van der Waals surface area contributed by atoms with E-state index in [4.69, 9.17) is 29.3 Å². The molecule has 0 atom stereocenters. The van der Waals surface area contributed by atoms with Gasteiger partial charge >= 0.3 is 0 Å². The standard InChI is InChI=1S/C3H6N4P2S6/c4-1-2(8(10,11)12)5-7-6-3(1)9(13,14)15/h(H2,4,7)(H2,10,11,12)(H2,13,14,15). The molecular weight excluding hydrogens is 346 g/mol. The first kappa shape index (κ1) is 14.6. The quantitative estimate of drug-likeness (QED) is 0.405. The molecule has 0 aliphatic rings. The molecule has 0 saturated heterocycles. The molecule has 0 bridgehead atoms. The second-order valence-electron chi connectivity index (χ2n) is 2.44. The van der Waals surface area contributed by atoms with Crippen molar-refractivity contribution in [1.82, 2.24) is 15.4 Å².